The molecule has 20 heavy (non-hydrogen) atoms. The van der Waals surface area contributed by atoms with Crippen LogP contribution in [0.1, 0.15) is 77.0 Å². The minimum Gasteiger partial charge on any atom is -0.481 e. The standard InChI is InChI=1S/C16H28O4/c17-15(18)13-11-9-7-5-3-1-2-4-6-8-10-12-14-16(19)20/h3,5H,1-2,4,6-14H2,(H,17,18)(H,19,20). The van der Waals surface area contributed by atoms with E-state index in [0.29, 0.717) is 6.42 Å². The van der Waals surface area contributed by atoms with Crippen molar-refractivity contribution < 1.29 is 19.8 Å². The average molecular weight is 284 g/mol. The molecule has 0 saturated carbocycles. The van der Waals surface area contributed by atoms with Crippen LogP contribution >= 0.6 is 0 Å². The van der Waals surface area contributed by atoms with Crippen LogP contribution < -0.4 is 0 Å². The molecule has 0 aliphatic heterocycles. The number of carboxylic acids is 2. The molecule has 0 aromatic rings. The molecular formula is C16H28O4. The highest BCUT2D eigenvalue weighted by atomic mass is 16.4. The van der Waals surface area contributed by atoms with Crippen molar-refractivity contribution in [3.8, 4) is 0 Å². The third-order valence-electron chi connectivity index (χ3n) is 3.19. The molecule has 0 aromatic heterocycles. The van der Waals surface area contributed by atoms with Crippen LogP contribution in [0.2, 0.25) is 0 Å². The maximum Gasteiger partial charge on any atom is 0.303 e. The molecule has 0 radical (unpaired) electrons. The Morgan fingerprint density at radius 1 is 0.600 bits per heavy atom. The Labute approximate surface area is 121 Å². The van der Waals surface area contributed by atoms with Crippen LogP contribution in [0, 0.1) is 0 Å². The summed E-state index contributed by atoms with van der Waals surface area (Å²) in [6.45, 7) is 0. The molecule has 0 aliphatic carbocycles. The van der Waals surface area contributed by atoms with Gasteiger partial charge in [-0.2, -0.15) is 0 Å². The number of hydrogen-bond donors (Lipinski definition) is 2. The van der Waals surface area contributed by atoms with Gasteiger partial charge >= 0.3 is 11.9 Å². The first-order valence-corrected chi connectivity index (χ1v) is 7.71. The van der Waals surface area contributed by atoms with Gasteiger partial charge in [-0.15, -0.1) is 0 Å². The van der Waals surface area contributed by atoms with Gasteiger partial charge in [0.05, 0.1) is 0 Å². The molecule has 0 aliphatic rings. The molecule has 0 aromatic carbocycles. The average Bonchev–Trinajstić information content (AvgIpc) is 2.38. The summed E-state index contributed by atoms with van der Waals surface area (Å²) >= 11 is 0. The van der Waals surface area contributed by atoms with Gasteiger partial charge in [0, 0.05) is 12.8 Å². The van der Waals surface area contributed by atoms with E-state index in [1.54, 1.807) is 0 Å². The van der Waals surface area contributed by atoms with Crippen molar-refractivity contribution in [1.82, 2.24) is 0 Å². The Kier molecular flexibility index (Phi) is 13.2. The molecule has 0 saturated heterocycles. The second-order valence-electron chi connectivity index (χ2n) is 5.16. The first-order chi connectivity index (χ1) is 9.63. The van der Waals surface area contributed by atoms with Gasteiger partial charge in [0.25, 0.3) is 0 Å². The zero-order valence-corrected chi connectivity index (χ0v) is 12.4. The molecule has 0 heterocycles. The van der Waals surface area contributed by atoms with E-state index in [4.69, 9.17) is 10.2 Å². The predicted octanol–water partition coefficient (Wildman–Crippen LogP) is 4.39. The highest BCUT2D eigenvalue weighted by molar-refractivity contribution is 5.66. The van der Waals surface area contributed by atoms with E-state index in [1.807, 2.05) is 0 Å². The van der Waals surface area contributed by atoms with Gasteiger partial charge < -0.3 is 10.2 Å². The summed E-state index contributed by atoms with van der Waals surface area (Å²) in [7, 11) is 0. The van der Waals surface area contributed by atoms with Crippen LogP contribution in [0.15, 0.2) is 12.2 Å². The molecule has 0 amide bonds. The van der Waals surface area contributed by atoms with Crippen molar-refractivity contribution in [3.63, 3.8) is 0 Å². The summed E-state index contributed by atoms with van der Waals surface area (Å²) in [4.78, 5) is 20.6. The van der Waals surface area contributed by atoms with Crippen molar-refractivity contribution >= 4 is 11.9 Å². The largest absolute Gasteiger partial charge is 0.481 e. The monoisotopic (exact) mass is 284 g/mol. The lowest BCUT2D eigenvalue weighted by Gasteiger charge is -1.99. The number of rotatable bonds is 14. The molecule has 4 heteroatoms. The van der Waals surface area contributed by atoms with Crippen molar-refractivity contribution in [2.45, 2.75) is 77.0 Å². The lowest BCUT2D eigenvalue weighted by atomic mass is 10.1. The molecule has 4 nitrogen and oxygen atoms in total. The molecule has 0 unspecified atom stereocenters. The van der Waals surface area contributed by atoms with Gasteiger partial charge in [0.15, 0.2) is 0 Å². The summed E-state index contributed by atoms with van der Waals surface area (Å²) in [6.07, 6.45) is 15.2. The number of aliphatic carboxylic acids is 2. The number of unbranched alkanes of at least 4 members (excludes halogenated alkanes) is 8. The number of carboxylic acid groups (broad SMARTS) is 2. The van der Waals surface area contributed by atoms with Crippen LogP contribution in [-0.4, -0.2) is 22.2 Å². The fourth-order valence-corrected chi connectivity index (χ4v) is 2.02. The topological polar surface area (TPSA) is 74.6 Å². The Balaban J connectivity index is 3.11. The maximum atomic E-state index is 10.3. The van der Waals surface area contributed by atoms with Crippen molar-refractivity contribution in [2.75, 3.05) is 0 Å². The van der Waals surface area contributed by atoms with E-state index in [9.17, 15) is 9.59 Å². The van der Waals surface area contributed by atoms with Gasteiger partial charge in [-0.25, -0.2) is 0 Å². The summed E-state index contributed by atoms with van der Waals surface area (Å²) < 4.78 is 0. The third kappa shape index (κ3) is 16.7. The molecule has 0 fully saturated rings. The summed E-state index contributed by atoms with van der Waals surface area (Å²) in [5.41, 5.74) is 0. The fourth-order valence-electron chi connectivity index (χ4n) is 2.02. The molecule has 0 atom stereocenters. The van der Waals surface area contributed by atoms with Gasteiger partial charge in [-0.1, -0.05) is 37.8 Å². The van der Waals surface area contributed by atoms with Gasteiger partial charge in [0.2, 0.25) is 0 Å². The fraction of sp³-hybridized carbons (Fsp3) is 0.750. The van der Waals surface area contributed by atoms with Crippen LogP contribution in [0.5, 0.6) is 0 Å². The number of hydrogen-bond acceptors (Lipinski definition) is 2. The molecular weight excluding hydrogens is 256 g/mol. The van der Waals surface area contributed by atoms with E-state index in [1.165, 1.54) is 19.3 Å². The summed E-state index contributed by atoms with van der Waals surface area (Å²) in [5.74, 6) is -1.41. The molecule has 116 valence electrons. The minimum absolute atomic E-state index is 0.274. The highest BCUT2D eigenvalue weighted by Crippen LogP contribution is 2.09. The van der Waals surface area contributed by atoms with Gasteiger partial charge in [-0.3, -0.25) is 9.59 Å². The molecule has 0 bridgehead atoms. The van der Waals surface area contributed by atoms with Gasteiger partial charge in [0.1, 0.15) is 0 Å². The Morgan fingerprint density at radius 3 is 1.45 bits per heavy atom. The Hall–Kier alpha value is -1.32. The smallest absolute Gasteiger partial charge is 0.303 e. The van der Waals surface area contributed by atoms with Crippen LogP contribution in [0.25, 0.3) is 0 Å². The van der Waals surface area contributed by atoms with Crippen LogP contribution in [-0.2, 0) is 9.59 Å². The lowest BCUT2D eigenvalue weighted by Crippen LogP contribution is -1.93. The molecule has 0 rings (SSSR count). The number of carbonyl (C=O) groups is 2. The zero-order valence-electron chi connectivity index (χ0n) is 12.4. The minimum atomic E-state index is -0.711. The number of allylic oxidation sites excluding steroid dienone is 2. The first kappa shape index (κ1) is 18.7. The van der Waals surface area contributed by atoms with Crippen molar-refractivity contribution in [1.29, 1.82) is 0 Å². The summed E-state index contributed by atoms with van der Waals surface area (Å²) in [6, 6.07) is 0. The predicted molar refractivity (Wildman–Crippen MR) is 79.8 cm³/mol. The third-order valence-corrected chi connectivity index (χ3v) is 3.19. The Morgan fingerprint density at radius 2 is 0.950 bits per heavy atom. The van der Waals surface area contributed by atoms with E-state index in [-0.39, 0.29) is 6.42 Å². The van der Waals surface area contributed by atoms with Crippen molar-refractivity contribution in [2.24, 2.45) is 0 Å². The summed E-state index contributed by atoms with van der Waals surface area (Å²) in [5, 5.41) is 17.0. The zero-order chi connectivity index (χ0) is 15.1. The van der Waals surface area contributed by atoms with Crippen LogP contribution in [0.4, 0.5) is 0 Å². The first-order valence-electron chi connectivity index (χ1n) is 7.71. The lowest BCUT2D eigenvalue weighted by molar-refractivity contribution is -0.138. The van der Waals surface area contributed by atoms with Gasteiger partial charge in [-0.05, 0) is 38.5 Å². The van der Waals surface area contributed by atoms with Crippen molar-refractivity contribution in [3.05, 3.63) is 12.2 Å². The molecule has 2 N–H and O–H groups in total. The molecule has 0 spiro atoms. The second-order valence-corrected chi connectivity index (χ2v) is 5.16. The van der Waals surface area contributed by atoms with Crippen LogP contribution in [0.3, 0.4) is 0 Å². The van der Waals surface area contributed by atoms with E-state index in [0.717, 1.165) is 44.9 Å². The van der Waals surface area contributed by atoms with E-state index in [2.05, 4.69) is 12.2 Å². The van der Waals surface area contributed by atoms with E-state index >= 15 is 0 Å². The SMILES string of the molecule is O=C(O)CCCCC=CCCCCCCCCC(=O)O. The van der Waals surface area contributed by atoms with E-state index < -0.39 is 11.9 Å². The Bertz CT molecular complexity index is 284. The maximum absolute atomic E-state index is 10.3. The normalized spacial score (nSPS) is 11.0. The quantitative estimate of drug-likeness (QED) is 0.366. The second kappa shape index (κ2) is 14.1. The highest BCUT2D eigenvalue weighted by Gasteiger charge is 1.96.